The van der Waals surface area contributed by atoms with Crippen LogP contribution in [0.15, 0.2) is 24.3 Å². The Hall–Kier alpha value is -1.70. The SMILES string of the molecule is CCN1CCN(C(=O)C2CCCN2c2nc(Cc3ccc(Cl)cc3)ns2)CC1. The summed E-state index contributed by atoms with van der Waals surface area (Å²) in [6, 6.07) is 7.68. The molecule has 0 N–H and O–H groups in total. The van der Waals surface area contributed by atoms with E-state index in [2.05, 4.69) is 21.1 Å². The summed E-state index contributed by atoms with van der Waals surface area (Å²) in [5, 5.41) is 1.60. The molecule has 1 atom stereocenters. The van der Waals surface area contributed by atoms with E-state index in [1.807, 2.05) is 29.2 Å². The van der Waals surface area contributed by atoms with Gasteiger partial charge in [0.2, 0.25) is 11.0 Å². The Morgan fingerprint density at radius 2 is 1.93 bits per heavy atom. The van der Waals surface area contributed by atoms with Crippen LogP contribution < -0.4 is 4.90 Å². The first kappa shape index (κ1) is 19.6. The number of halogens is 1. The molecule has 28 heavy (non-hydrogen) atoms. The van der Waals surface area contributed by atoms with Gasteiger partial charge in [-0.05, 0) is 37.1 Å². The van der Waals surface area contributed by atoms with E-state index in [0.717, 1.165) is 73.7 Å². The third kappa shape index (κ3) is 4.31. The van der Waals surface area contributed by atoms with Crippen molar-refractivity contribution >= 4 is 34.2 Å². The van der Waals surface area contributed by atoms with E-state index in [9.17, 15) is 4.79 Å². The molecule has 6 nitrogen and oxygen atoms in total. The average molecular weight is 420 g/mol. The lowest BCUT2D eigenvalue weighted by Gasteiger charge is -2.36. The predicted octanol–water partition coefficient (Wildman–Crippen LogP) is 2.92. The molecule has 1 aromatic carbocycles. The summed E-state index contributed by atoms with van der Waals surface area (Å²) in [6.45, 7) is 7.70. The number of benzene rings is 1. The Labute approximate surface area is 175 Å². The van der Waals surface area contributed by atoms with Crippen LogP contribution in [0.2, 0.25) is 5.02 Å². The lowest BCUT2D eigenvalue weighted by molar-refractivity contribution is -0.134. The van der Waals surface area contributed by atoms with Gasteiger partial charge in [-0.3, -0.25) is 4.79 Å². The fraction of sp³-hybridized carbons (Fsp3) is 0.550. The van der Waals surface area contributed by atoms with Crippen LogP contribution in [-0.2, 0) is 11.2 Å². The van der Waals surface area contributed by atoms with E-state index >= 15 is 0 Å². The van der Waals surface area contributed by atoms with Crippen molar-refractivity contribution in [1.29, 1.82) is 0 Å². The Kier molecular flexibility index (Phi) is 6.13. The number of hydrogen-bond acceptors (Lipinski definition) is 6. The second-order valence-electron chi connectivity index (χ2n) is 7.41. The van der Waals surface area contributed by atoms with Crippen LogP contribution in [0.3, 0.4) is 0 Å². The minimum absolute atomic E-state index is 0.0930. The van der Waals surface area contributed by atoms with Gasteiger partial charge in [0.1, 0.15) is 11.9 Å². The quantitative estimate of drug-likeness (QED) is 0.745. The number of anilines is 1. The maximum atomic E-state index is 13.1. The second-order valence-corrected chi connectivity index (χ2v) is 8.57. The largest absolute Gasteiger partial charge is 0.338 e. The summed E-state index contributed by atoms with van der Waals surface area (Å²) in [4.78, 5) is 24.4. The maximum absolute atomic E-state index is 13.1. The molecular formula is C20H26ClN5OS. The highest BCUT2D eigenvalue weighted by Crippen LogP contribution is 2.29. The van der Waals surface area contributed by atoms with Crippen LogP contribution in [0.5, 0.6) is 0 Å². The van der Waals surface area contributed by atoms with Gasteiger partial charge < -0.3 is 14.7 Å². The minimum atomic E-state index is -0.0930. The molecule has 0 aliphatic carbocycles. The number of carbonyl (C=O) groups is 1. The second kappa shape index (κ2) is 8.76. The van der Waals surface area contributed by atoms with Crippen molar-refractivity contribution < 1.29 is 4.79 Å². The molecule has 1 unspecified atom stereocenters. The standard InChI is InChI=1S/C20H26ClN5OS/c1-2-24-10-12-25(13-11-24)19(27)17-4-3-9-26(17)20-22-18(23-28-20)14-15-5-7-16(21)8-6-15/h5-8,17H,2-4,9-14H2,1H3. The monoisotopic (exact) mass is 419 g/mol. The van der Waals surface area contributed by atoms with Gasteiger partial charge in [0, 0.05) is 55.7 Å². The summed E-state index contributed by atoms with van der Waals surface area (Å²) >= 11 is 7.36. The Morgan fingerprint density at radius 1 is 1.18 bits per heavy atom. The molecule has 0 bridgehead atoms. The first-order valence-electron chi connectivity index (χ1n) is 9.99. The lowest BCUT2D eigenvalue weighted by Crippen LogP contribution is -2.53. The Balaban J connectivity index is 1.41. The molecule has 1 amide bonds. The van der Waals surface area contributed by atoms with Crippen LogP contribution in [0.4, 0.5) is 5.13 Å². The fourth-order valence-corrected chi connectivity index (χ4v) is 4.85. The number of nitrogens with zero attached hydrogens (tertiary/aromatic N) is 5. The number of hydrogen-bond donors (Lipinski definition) is 0. The highest BCUT2D eigenvalue weighted by atomic mass is 35.5. The van der Waals surface area contributed by atoms with Gasteiger partial charge in [0.25, 0.3) is 0 Å². The smallest absolute Gasteiger partial charge is 0.245 e. The fourth-order valence-electron chi connectivity index (χ4n) is 3.97. The molecule has 2 aliphatic heterocycles. The normalized spacial score (nSPS) is 20.7. The zero-order chi connectivity index (χ0) is 19.5. The number of amides is 1. The molecule has 2 saturated heterocycles. The van der Waals surface area contributed by atoms with Crippen LogP contribution >= 0.6 is 23.1 Å². The molecule has 0 radical (unpaired) electrons. The van der Waals surface area contributed by atoms with E-state index in [4.69, 9.17) is 16.6 Å². The topological polar surface area (TPSA) is 52.6 Å². The van der Waals surface area contributed by atoms with Gasteiger partial charge in [-0.25, -0.2) is 4.98 Å². The zero-order valence-corrected chi connectivity index (χ0v) is 17.8. The highest BCUT2D eigenvalue weighted by Gasteiger charge is 2.36. The number of rotatable bonds is 5. The van der Waals surface area contributed by atoms with E-state index in [0.29, 0.717) is 6.42 Å². The van der Waals surface area contributed by atoms with E-state index < -0.39 is 0 Å². The van der Waals surface area contributed by atoms with Crippen LogP contribution in [0.1, 0.15) is 31.2 Å². The van der Waals surface area contributed by atoms with Crippen molar-refractivity contribution in [3.05, 3.63) is 40.7 Å². The molecule has 2 fully saturated rings. The van der Waals surface area contributed by atoms with Crippen LogP contribution in [0, 0.1) is 0 Å². The van der Waals surface area contributed by atoms with Crippen LogP contribution in [-0.4, -0.2) is 70.4 Å². The highest BCUT2D eigenvalue weighted by molar-refractivity contribution is 7.09. The van der Waals surface area contributed by atoms with Crippen molar-refractivity contribution in [2.24, 2.45) is 0 Å². The summed E-state index contributed by atoms with van der Waals surface area (Å²) in [6.07, 6.45) is 2.61. The summed E-state index contributed by atoms with van der Waals surface area (Å²) in [5.74, 6) is 1.06. The first-order valence-corrected chi connectivity index (χ1v) is 11.1. The van der Waals surface area contributed by atoms with E-state index in [1.54, 1.807) is 0 Å². The predicted molar refractivity (Wildman–Crippen MR) is 113 cm³/mol. The minimum Gasteiger partial charge on any atom is -0.338 e. The van der Waals surface area contributed by atoms with Gasteiger partial charge in [0.05, 0.1) is 0 Å². The molecule has 150 valence electrons. The summed E-state index contributed by atoms with van der Waals surface area (Å²) < 4.78 is 4.53. The van der Waals surface area contributed by atoms with E-state index in [-0.39, 0.29) is 11.9 Å². The van der Waals surface area contributed by atoms with Crippen molar-refractivity contribution in [2.75, 3.05) is 44.2 Å². The molecule has 4 rings (SSSR count). The summed E-state index contributed by atoms with van der Waals surface area (Å²) in [5.41, 5.74) is 1.14. The van der Waals surface area contributed by atoms with Crippen molar-refractivity contribution in [1.82, 2.24) is 19.2 Å². The van der Waals surface area contributed by atoms with Crippen molar-refractivity contribution in [3.63, 3.8) is 0 Å². The zero-order valence-electron chi connectivity index (χ0n) is 16.2. The van der Waals surface area contributed by atoms with Gasteiger partial charge in [-0.15, -0.1) is 0 Å². The van der Waals surface area contributed by atoms with Gasteiger partial charge >= 0.3 is 0 Å². The Morgan fingerprint density at radius 3 is 2.64 bits per heavy atom. The first-order chi connectivity index (χ1) is 13.6. The maximum Gasteiger partial charge on any atom is 0.245 e. The molecule has 3 heterocycles. The number of carbonyl (C=O) groups excluding carboxylic acids is 1. The average Bonchev–Trinajstić information content (AvgIpc) is 3.38. The molecule has 8 heteroatoms. The van der Waals surface area contributed by atoms with Gasteiger partial charge in [-0.2, -0.15) is 4.37 Å². The van der Waals surface area contributed by atoms with E-state index in [1.165, 1.54) is 11.5 Å². The Bertz CT molecular complexity index is 803. The van der Waals surface area contributed by atoms with Gasteiger partial charge in [0.15, 0.2) is 0 Å². The third-order valence-electron chi connectivity index (χ3n) is 5.65. The number of likely N-dealkylation sites (N-methyl/N-ethyl adjacent to an activating group) is 1. The summed E-state index contributed by atoms with van der Waals surface area (Å²) in [7, 11) is 0. The van der Waals surface area contributed by atoms with Crippen LogP contribution in [0.25, 0.3) is 0 Å². The molecular weight excluding hydrogens is 394 g/mol. The van der Waals surface area contributed by atoms with Crippen molar-refractivity contribution in [2.45, 2.75) is 32.2 Å². The third-order valence-corrected chi connectivity index (χ3v) is 6.69. The molecule has 1 aromatic heterocycles. The van der Waals surface area contributed by atoms with Gasteiger partial charge in [-0.1, -0.05) is 30.7 Å². The molecule has 0 spiro atoms. The number of aromatic nitrogens is 2. The number of piperazine rings is 1. The molecule has 2 aliphatic rings. The molecule has 0 saturated carbocycles. The lowest BCUT2D eigenvalue weighted by atomic mass is 10.1. The van der Waals surface area contributed by atoms with Crippen molar-refractivity contribution in [3.8, 4) is 0 Å². The molecule has 2 aromatic rings.